The fourth-order valence-electron chi connectivity index (χ4n) is 1.86. The molecule has 0 saturated carbocycles. The third kappa shape index (κ3) is 2.77. The third-order valence-corrected chi connectivity index (χ3v) is 3.26. The van der Waals surface area contributed by atoms with Crippen LogP contribution in [0.1, 0.15) is 26.3 Å². The molecular formula is C14H14ClN3O2. The van der Waals surface area contributed by atoms with Crippen molar-refractivity contribution in [1.29, 1.82) is 0 Å². The first kappa shape index (κ1) is 14.4. The minimum absolute atomic E-state index is 0.0216. The Morgan fingerprint density at radius 1 is 1.15 bits per heavy atom. The SMILES string of the molecule is CC(C)(C)c1ccc(-c2ncnc(Cl)c2[N+](=O)[O-])cc1. The molecule has 1 aromatic heterocycles. The molecule has 0 spiro atoms. The average molecular weight is 292 g/mol. The summed E-state index contributed by atoms with van der Waals surface area (Å²) in [6.45, 7) is 6.31. The summed E-state index contributed by atoms with van der Waals surface area (Å²) in [4.78, 5) is 18.2. The Bertz CT molecular complexity index is 648. The molecule has 104 valence electrons. The Balaban J connectivity index is 2.53. The van der Waals surface area contributed by atoms with E-state index in [0.717, 1.165) is 5.56 Å². The number of hydrogen-bond acceptors (Lipinski definition) is 4. The minimum atomic E-state index is -0.560. The van der Waals surface area contributed by atoms with Crippen molar-refractivity contribution in [3.63, 3.8) is 0 Å². The lowest BCUT2D eigenvalue weighted by molar-refractivity contribution is -0.384. The second-order valence-electron chi connectivity index (χ2n) is 5.45. The van der Waals surface area contributed by atoms with Crippen LogP contribution in [-0.2, 0) is 5.41 Å². The van der Waals surface area contributed by atoms with Crippen LogP contribution < -0.4 is 0 Å². The second kappa shape index (κ2) is 5.17. The number of nitrogens with zero attached hydrogens (tertiary/aromatic N) is 3. The number of benzene rings is 1. The smallest absolute Gasteiger partial charge is 0.258 e. The highest BCUT2D eigenvalue weighted by Crippen LogP contribution is 2.33. The molecule has 0 aliphatic carbocycles. The van der Waals surface area contributed by atoms with Crippen LogP contribution in [-0.4, -0.2) is 14.9 Å². The van der Waals surface area contributed by atoms with E-state index in [1.807, 2.05) is 24.3 Å². The quantitative estimate of drug-likeness (QED) is 0.476. The maximum Gasteiger partial charge on any atom is 0.332 e. The number of hydrogen-bond donors (Lipinski definition) is 0. The van der Waals surface area contributed by atoms with E-state index in [4.69, 9.17) is 11.6 Å². The maximum absolute atomic E-state index is 11.1. The summed E-state index contributed by atoms with van der Waals surface area (Å²) in [5, 5.41) is 10.9. The standard InChI is InChI=1S/C14H14ClN3O2/c1-14(2,3)10-6-4-9(5-7-10)11-12(18(19)20)13(15)17-8-16-11/h4-8H,1-3H3. The normalized spacial score (nSPS) is 11.4. The van der Waals surface area contributed by atoms with Crippen molar-refractivity contribution < 1.29 is 4.92 Å². The lowest BCUT2D eigenvalue weighted by Gasteiger charge is -2.19. The molecule has 5 nitrogen and oxygen atoms in total. The molecule has 6 heteroatoms. The molecule has 2 rings (SSSR count). The van der Waals surface area contributed by atoms with E-state index in [2.05, 4.69) is 30.7 Å². The molecule has 0 aliphatic heterocycles. The summed E-state index contributed by atoms with van der Waals surface area (Å²) in [6.07, 6.45) is 1.22. The van der Waals surface area contributed by atoms with Gasteiger partial charge in [-0.25, -0.2) is 9.97 Å². The molecule has 0 aliphatic rings. The molecule has 0 radical (unpaired) electrons. The summed E-state index contributed by atoms with van der Waals surface area (Å²) < 4.78 is 0. The molecule has 0 atom stereocenters. The van der Waals surface area contributed by atoms with Crippen LogP contribution in [0.4, 0.5) is 5.69 Å². The first-order chi connectivity index (χ1) is 9.30. The monoisotopic (exact) mass is 291 g/mol. The molecule has 0 amide bonds. The zero-order valence-electron chi connectivity index (χ0n) is 11.4. The van der Waals surface area contributed by atoms with Crippen LogP contribution >= 0.6 is 11.6 Å². The molecule has 2 aromatic rings. The van der Waals surface area contributed by atoms with E-state index in [9.17, 15) is 10.1 Å². The molecule has 0 saturated heterocycles. The fraction of sp³-hybridized carbons (Fsp3) is 0.286. The van der Waals surface area contributed by atoms with Crippen LogP contribution in [0, 0.1) is 10.1 Å². The van der Waals surface area contributed by atoms with Gasteiger partial charge in [-0.2, -0.15) is 0 Å². The van der Waals surface area contributed by atoms with Crippen LogP contribution in [0.25, 0.3) is 11.3 Å². The van der Waals surface area contributed by atoms with Gasteiger partial charge in [-0.1, -0.05) is 56.6 Å². The Hall–Kier alpha value is -2.01. The van der Waals surface area contributed by atoms with E-state index in [-0.39, 0.29) is 21.9 Å². The fourth-order valence-corrected chi connectivity index (χ4v) is 2.06. The first-order valence-corrected chi connectivity index (χ1v) is 6.44. The van der Waals surface area contributed by atoms with Crippen molar-refractivity contribution in [2.75, 3.05) is 0 Å². The Morgan fingerprint density at radius 3 is 2.25 bits per heavy atom. The van der Waals surface area contributed by atoms with Crippen LogP contribution in [0.5, 0.6) is 0 Å². The lowest BCUT2D eigenvalue weighted by Crippen LogP contribution is -2.10. The molecule has 1 aromatic carbocycles. The Kier molecular flexibility index (Phi) is 3.72. The Labute approximate surface area is 121 Å². The van der Waals surface area contributed by atoms with E-state index < -0.39 is 4.92 Å². The van der Waals surface area contributed by atoms with Gasteiger partial charge in [-0.3, -0.25) is 10.1 Å². The van der Waals surface area contributed by atoms with E-state index in [1.54, 1.807) is 0 Å². The molecule has 0 bridgehead atoms. The highest BCUT2D eigenvalue weighted by molar-refractivity contribution is 6.31. The minimum Gasteiger partial charge on any atom is -0.258 e. The van der Waals surface area contributed by atoms with Crippen molar-refractivity contribution in [3.05, 3.63) is 51.4 Å². The highest BCUT2D eigenvalue weighted by Gasteiger charge is 2.23. The van der Waals surface area contributed by atoms with Crippen LogP contribution in [0.15, 0.2) is 30.6 Å². The van der Waals surface area contributed by atoms with Gasteiger partial charge >= 0.3 is 5.69 Å². The molecule has 0 unspecified atom stereocenters. The van der Waals surface area contributed by atoms with Gasteiger partial charge in [0.2, 0.25) is 5.15 Å². The largest absolute Gasteiger partial charge is 0.332 e. The van der Waals surface area contributed by atoms with E-state index in [0.29, 0.717) is 5.56 Å². The third-order valence-electron chi connectivity index (χ3n) is 2.98. The van der Waals surface area contributed by atoms with Gasteiger partial charge in [-0.05, 0) is 11.0 Å². The van der Waals surface area contributed by atoms with Crippen LogP contribution in [0.2, 0.25) is 5.15 Å². The van der Waals surface area contributed by atoms with Gasteiger partial charge in [0.1, 0.15) is 6.33 Å². The van der Waals surface area contributed by atoms with Crippen molar-refractivity contribution in [3.8, 4) is 11.3 Å². The van der Waals surface area contributed by atoms with Crippen molar-refractivity contribution >= 4 is 17.3 Å². The van der Waals surface area contributed by atoms with Crippen LogP contribution in [0.3, 0.4) is 0 Å². The number of aromatic nitrogens is 2. The first-order valence-electron chi connectivity index (χ1n) is 6.06. The second-order valence-corrected chi connectivity index (χ2v) is 5.80. The number of rotatable bonds is 2. The highest BCUT2D eigenvalue weighted by atomic mass is 35.5. The van der Waals surface area contributed by atoms with E-state index in [1.165, 1.54) is 6.33 Å². The summed E-state index contributed by atoms with van der Waals surface area (Å²) in [7, 11) is 0. The number of nitro groups is 1. The molecule has 0 N–H and O–H groups in total. The molecular weight excluding hydrogens is 278 g/mol. The summed E-state index contributed by atoms with van der Waals surface area (Å²) >= 11 is 5.79. The zero-order chi connectivity index (χ0) is 14.9. The van der Waals surface area contributed by atoms with Crippen molar-refractivity contribution in [2.24, 2.45) is 0 Å². The topological polar surface area (TPSA) is 68.9 Å². The average Bonchev–Trinajstić information content (AvgIpc) is 2.37. The van der Waals surface area contributed by atoms with Gasteiger partial charge in [0.15, 0.2) is 5.69 Å². The zero-order valence-corrected chi connectivity index (χ0v) is 12.2. The summed E-state index contributed by atoms with van der Waals surface area (Å²) in [6, 6.07) is 7.50. The van der Waals surface area contributed by atoms with Gasteiger partial charge in [0.25, 0.3) is 0 Å². The molecule has 0 fully saturated rings. The van der Waals surface area contributed by atoms with Crippen molar-refractivity contribution in [1.82, 2.24) is 9.97 Å². The summed E-state index contributed by atoms with van der Waals surface area (Å²) in [5.41, 5.74) is 1.78. The van der Waals surface area contributed by atoms with Gasteiger partial charge in [-0.15, -0.1) is 0 Å². The lowest BCUT2D eigenvalue weighted by atomic mass is 9.86. The van der Waals surface area contributed by atoms with Crippen molar-refractivity contribution in [2.45, 2.75) is 26.2 Å². The predicted molar refractivity (Wildman–Crippen MR) is 77.8 cm³/mol. The number of halogens is 1. The van der Waals surface area contributed by atoms with Gasteiger partial charge < -0.3 is 0 Å². The van der Waals surface area contributed by atoms with E-state index >= 15 is 0 Å². The van der Waals surface area contributed by atoms with Gasteiger partial charge in [0, 0.05) is 5.56 Å². The van der Waals surface area contributed by atoms with Gasteiger partial charge in [0.05, 0.1) is 4.92 Å². The molecule has 20 heavy (non-hydrogen) atoms. The summed E-state index contributed by atoms with van der Waals surface area (Å²) in [5.74, 6) is 0. The maximum atomic E-state index is 11.1. The Morgan fingerprint density at radius 2 is 1.75 bits per heavy atom. The predicted octanol–water partition coefficient (Wildman–Crippen LogP) is 4.00. The molecule has 1 heterocycles.